The van der Waals surface area contributed by atoms with Crippen LogP contribution in [0.2, 0.25) is 0 Å². The number of hydrogen-bond acceptors (Lipinski definition) is 5. The molecule has 0 spiro atoms. The molecule has 1 aromatic rings. The molecule has 1 aliphatic carbocycles. The highest BCUT2D eigenvalue weighted by Gasteiger charge is 2.30. The summed E-state index contributed by atoms with van der Waals surface area (Å²) in [6, 6.07) is 0.274. The molecule has 2 fully saturated rings. The van der Waals surface area contributed by atoms with Gasteiger partial charge in [-0.3, -0.25) is 4.90 Å². The quantitative estimate of drug-likeness (QED) is 0.821. The van der Waals surface area contributed by atoms with Crippen LogP contribution in [0.1, 0.15) is 43.4 Å². The molecule has 1 saturated carbocycles. The molecule has 2 aliphatic rings. The van der Waals surface area contributed by atoms with E-state index in [2.05, 4.69) is 15.1 Å². The molecule has 0 radical (unpaired) electrons. The predicted octanol–water partition coefficient (Wildman–Crippen LogP) is 0.904. The third-order valence-electron chi connectivity index (χ3n) is 3.46. The Hall–Kier alpha value is -0.940. The average Bonchev–Trinajstić information content (AvgIpc) is 2.88. The lowest BCUT2D eigenvalue weighted by molar-refractivity contribution is 0.144. The molecule has 2 heterocycles. The van der Waals surface area contributed by atoms with Gasteiger partial charge in [0.1, 0.15) is 0 Å². The number of nitrogens with zero attached hydrogens (tertiary/aromatic N) is 3. The summed E-state index contributed by atoms with van der Waals surface area (Å²) in [5.41, 5.74) is 0. The van der Waals surface area contributed by atoms with Crippen molar-refractivity contribution in [2.75, 3.05) is 13.2 Å². The first-order valence-corrected chi connectivity index (χ1v) is 6.04. The molecule has 16 heavy (non-hydrogen) atoms. The Balaban J connectivity index is 1.63. The Morgan fingerprint density at radius 2 is 2.19 bits per heavy atom. The highest BCUT2D eigenvalue weighted by atomic mass is 16.4. The average molecular weight is 223 g/mol. The molecule has 1 aliphatic heterocycles. The van der Waals surface area contributed by atoms with Crippen LogP contribution in [0.5, 0.6) is 0 Å². The highest BCUT2D eigenvalue weighted by Crippen LogP contribution is 2.39. The van der Waals surface area contributed by atoms with E-state index < -0.39 is 0 Å². The van der Waals surface area contributed by atoms with Crippen molar-refractivity contribution in [2.24, 2.45) is 0 Å². The van der Waals surface area contributed by atoms with E-state index in [1.807, 2.05) is 0 Å². The van der Waals surface area contributed by atoms with Crippen molar-refractivity contribution in [3.8, 4) is 0 Å². The van der Waals surface area contributed by atoms with E-state index in [9.17, 15) is 5.11 Å². The van der Waals surface area contributed by atoms with Crippen LogP contribution in [0.3, 0.4) is 0 Å². The van der Waals surface area contributed by atoms with Gasteiger partial charge in [-0.05, 0) is 32.2 Å². The summed E-state index contributed by atoms with van der Waals surface area (Å²) in [4.78, 5) is 2.23. The Bertz CT molecular complexity index is 362. The number of aliphatic hydroxyl groups is 1. The molecule has 0 amide bonds. The molecular formula is C11H17N3O2. The van der Waals surface area contributed by atoms with E-state index >= 15 is 0 Å². The van der Waals surface area contributed by atoms with Crippen molar-refractivity contribution in [1.29, 1.82) is 0 Å². The van der Waals surface area contributed by atoms with E-state index in [1.165, 1.54) is 12.8 Å². The Morgan fingerprint density at radius 3 is 2.94 bits per heavy atom. The minimum absolute atomic E-state index is 0.226. The molecule has 0 bridgehead atoms. The topological polar surface area (TPSA) is 62.4 Å². The van der Waals surface area contributed by atoms with Gasteiger partial charge in [-0.2, -0.15) is 0 Å². The minimum atomic E-state index is 0.226. The van der Waals surface area contributed by atoms with Gasteiger partial charge in [0, 0.05) is 12.0 Å². The first kappa shape index (κ1) is 10.2. The summed E-state index contributed by atoms with van der Waals surface area (Å²) in [6.45, 7) is 1.93. The van der Waals surface area contributed by atoms with Gasteiger partial charge in [-0.15, -0.1) is 10.2 Å². The fraction of sp³-hybridized carbons (Fsp3) is 0.818. The number of likely N-dealkylation sites (tertiary alicyclic amines) is 1. The highest BCUT2D eigenvalue weighted by molar-refractivity contribution is 5.00. The van der Waals surface area contributed by atoms with E-state index in [1.54, 1.807) is 0 Å². The van der Waals surface area contributed by atoms with Crippen molar-refractivity contribution in [1.82, 2.24) is 15.1 Å². The van der Waals surface area contributed by atoms with Crippen molar-refractivity contribution < 1.29 is 9.52 Å². The SMILES string of the molecule is OC[C@@H]1CCCN1Cc1nnc(C2CC2)o1. The molecule has 1 saturated heterocycles. The van der Waals surface area contributed by atoms with E-state index in [-0.39, 0.29) is 12.6 Å². The minimum Gasteiger partial charge on any atom is -0.424 e. The lowest BCUT2D eigenvalue weighted by atomic mass is 10.2. The zero-order valence-electron chi connectivity index (χ0n) is 9.30. The number of hydrogen-bond donors (Lipinski definition) is 1. The van der Waals surface area contributed by atoms with Gasteiger partial charge in [0.05, 0.1) is 13.2 Å². The van der Waals surface area contributed by atoms with Gasteiger partial charge in [0.15, 0.2) is 0 Å². The molecule has 0 unspecified atom stereocenters. The first-order valence-electron chi connectivity index (χ1n) is 6.04. The zero-order valence-corrected chi connectivity index (χ0v) is 9.30. The fourth-order valence-electron chi connectivity index (χ4n) is 2.31. The predicted molar refractivity (Wildman–Crippen MR) is 56.8 cm³/mol. The van der Waals surface area contributed by atoms with Gasteiger partial charge in [0.25, 0.3) is 0 Å². The number of aromatic nitrogens is 2. The normalized spacial score (nSPS) is 26.4. The number of rotatable bonds is 4. The van der Waals surface area contributed by atoms with Crippen LogP contribution in [0.15, 0.2) is 4.42 Å². The first-order chi connectivity index (χ1) is 7.86. The van der Waals surface area contributed by atoms with Crippen molar-refractivity contribution in [3.05, 3.63) is 11.8 Å². The van der Waals surface area contributed by atoms with Crippen LogP contribution >= 0.6 is 0 Å². The molecule has 1 aromatic heterocycles. The third-order valence-corrected chi connectivity index (χ3v) is 3.46. The monoisotopic (exact) mass is 223 g/mol. The van der Waals surface area contributed by atoms with Crippen LogP contribution < -0.4 is 0 Å². The lowest BCUT2D eigenvalue weighted by Crippen LogP contribution is -2.31. The maximum Gasteiger partial charge on any atom is 0.230 e. The smallest absolute Gasteiger partial charge is 0.230 e. The third kappa shape index (κ3) is 1.97. The summed E-state index contributed by atoms with van der Waals surface area (Å²) in [7, 11) is 0. The molecule has 3 rings (SSSR count). The molecule has 0 aromatic carbocycles. The summed E-state index contributed by atoms with van der Waals surface area (Å²) in [6.07, 6.45) is 4.59. The van der Waals surface area contributed by atoms with Gasteiger partial charge >= 0.3 is 0 Å². The van der Waals surface area contributed by atoms with Crippen LogP contribution in [-0.4, -0.2) is 39.4 Å². The second kappa shape index (κ2) is 4.14. The lowest BCUT2D eigenvalue weighted by Gasteiger charge is -2.20. The Kier molecular flexibility index (Phi) is 2.65. The second-order valence-corrected chi connectivity index (χ2v) is 4.76. The van der Waals surface area contributed by atoms with Gasteiger partial charge in [0.2, 0.25) is 11.8 Å². The molecule has 1 N–H and O–H groups in total. The van der Waals surface area contributed by atoms with Crippen LogP contribution in [-0.2, 0) is 6.54 Å². The molecule has 1 atom stereocenters. The Labute approximate surface area is 94.5 Å². The summed E-state index contributed by atoms with van der Waals surface area (Å²) < 4.78 is 5.62. The molecular weight excluding hydrogens is 206 g/mol. The van der Waals surface area contributed by atoms with Crippen LogP contribution in [0.4, 0.5) is 0 Å². The van der Waals surface area contributed by atoms with E-state index in [0.717, 1.165) is 25.3 Å². The summed E-state index contributed by atoms with van der Waals surface area (Å²) in [5, 5.41) is 17.3. The molecule has 88 valence electrons. The van der Waals surface area contributed by atoms with Gasteiger partial charge in [-0.25, -0.2) is 0 Å². The second-order valence-electron chi connectivity index (χ2n) is 4.76. The van der Waals surface area contributed by atoms with Crippen molar-refractivity contribution in [2.45, 2.75) is 44.2 Å². The largest absolute Gasteiger partial charge is 0.424 e. The van der Waals surface area contributed by atoms with E-state index in [0.29, 0.717) is 18.4 Å². The summed E-state index contributed by atoms with van der Waals surface area (Å²) in [5.74, 6) is 2.02. The maximum absolute atomic E-state index is 9.21. The summed E-state index contributed by atoms with van der Waals surface area (Å²) >= 11 is 0. The van der Waals surface area contributed by atoms with Crippen molar-refractivity contribution in [3.63, 3.8) is 0 Å². The molecule has 5 nitrogen and oxygen atoms in total. The maximum atomic E-state index is 9.21. The standard InChI is InChI=1S/C11H17N3O2/c15-7-9-2-1-5-14(9)6-10-12-13-11(16-10)8-3-4-8/h8-9,15H,1-7H2/t9-/m0/s1. The van der Waals surface area contributed by atoms with Crippen LogP contribution in [0, 0.1) is 0 Å². The fourth-order valence-corrected chi connectivity index (χ4v) is 2.31. The van der Waals surface area contributed by atoms with Crippen LogP contribution in [0.25, 0.3) is 0 Å². The zero-order chi connectivity index (χ0) is 11.0. The van der Waals surface area contributed by atoms with E-state index in [4.69, 9.17) is 4.42 Å². The van der Waals surface area contributed by atoms with Gasteiger partial charge < -0.3 is 9.52 Å². The van der Waals surface area contributed by atoms with Crippen molar-refractivity contribution >= 4 is 0 Å². The molecule has 5 heteroatoms. The Morgan fingerprint density at radius 1 is 1.31 bits per heavy atom. The number of aliphatic hydroxyl groups excluding tert-OH is 1. The van der Waals surface area contributed by atoms with Gasteiger partial charge in [-0.1, -0.05) is 0 Å².